The molecule has 0 bridgehead atoms. The van der Waals surface area contributed by atoms with Gasteiger partial charge in [-0.2, -0.15) is 0 Å². The lowest BCUT2D eigenvalue weighted by atomic mass is 10.1. The van der Waals surface area contributed by atoms with Crippen LogP contribution in [0.3, 0.4) is 0 Å². The van der Waals surface area contributed by atoms with E-state index in [1.54, 1.807) is 13.0 Å². The molecule has 0 saturated heterocycles. The molecular weight excluding hydrogens is 348 g/mol. The van der Waals surface area contributed by atoms with Crippen LogP contribution in [0.4, 0.5) is 5.69 Å². The third-order valence-corrected chi connectivity index (χ3v) is 5.35. The van der Waals surface area contributed by atoms with Gasteiger partial charge in [0.25, 0.3) is 5.91 Å². The average Bonchev–Trinajstić information content (AvgIpc) is 3.31. The van der Waals surface area contributed by atoms with Crippen molar-refractivity contribution in [2.24, 2.45) is 0 Å². The van der Waals surface area contributed by atoms with Crippen LogP contribution in [0, 0.1) is 0 Å². The highest BCUT2D eigenvalue weighted by Crippen LogP contribution is 2.30. The minimum atomic E-state index is -0.106. The third kappa shape index (κ3) is 3.28. The molecule has 3 aromatic rings. The number of benzene rings is 1. The molecule has 0 spiro atoms. The summed E-state index contributed by atoms with van der Waals surface area (Å²) >= 11 is 1.41. The standard InChI is InChI=1S/C20H18N2O3S/c1-13(23)22-9-8-17-15(12-22)11-18(25-17)14-4-6-16(7-5-14)21-20(24)19-3-2-10-26-19/h2-7,10-11H,8-9,12H2,1H3,(H,21,24). The molecule has 2 amide bonds. The Bertz CT molecular complexity index is 942. The summed E-state index contributed by atoms with van der Waals surface area (Å²) < 4.78 is 5.98. The fraction of sp³-hybridized carbons (Fsp3) is 0.200. The number of carbonyl (C=O) groups is 2. The Morgan fingerprint density at radius 3 is 2.69 bits per heavy atom. The molecule has 4 rings (SSSR count). The van der Waals surface area contributed by atoms with Crippen molar-refractivity contribution in [3.8, 4) is 11.3 Å². The Balaban J connectivity index is 1.49. The van der Waals surface area contributed by atoms with E-state index in [9.17, 15) is 9.59 Å². The van der Waals surface area contributed by atoms with Crippen molar-refractivity contribution in [3.63, 3.8) is 0 Å². The predicted molar refractivity (Wildman–Crippen MR) is 101 cm³/mol. The quantitative estimate of drug-likeness (QED) is 0.757. The van der Waals surface area contributed by atoms with Gasteiger partial charge in [0.05, 0.1) is 4.88 Å². The smallest absolute Gasteiger partial charge is 0.265 e. The second-order valence-corrected chi connectivity index (χ2v) is 7.21. The summed E-state index contributed by atoms with van der Waals surface area (Å²) in [5.74, 6) is 1.72. The van der Waals surface area contributed by atoms with Crippen molar-refractivity contribution in [1.29, 1.82) is 0 Å². The predicted octanol–water partition coefficient (Wildman–Crippen LogP) is 4.17. The molecule has 132 valence electrons. The second-order valence-electron chi connectivity index (χ2n) is 6.26. The van der Waals surface area contributed by atoms with Crippen molar-refractivity contribution < 1.29 is 14.0 Å². The fourth-order valence-electron chi connectivity index (χ4n) is 3.06. The summed E-state index contributed by atoms with van der Waals surface area (Å²) in [5.41, 5.74) is 2.76. The van der Waals surface area contributed by atoms with Crippen molar-refractivity contribution in [2.45, 2.75) is 19.9 Å². The van der Waals surface area contributed by atoms with Gasteiger partial charge in [0.15, 0.2) is 0 Å². The topological polar surface area (TPSA) is 62.6 Å². The summed E-state index contributed by atoms with van der Waals surface area (Å²) in [5, 5.41) is 4.77. The molecule has 2 aromatic heterocycles. The molecule has 1 aliphatic rings. The summed E-state index contributed by atoms with van der Waals surface area (Å²) in [7, 11) is 0. The van der Waals surface area contributed by atoms with E-state index in [4.69, 9.17) is 4.42 Å². The van der Waals surface area contributed by atoms with Gasteiger partial charge in [-0.05, 0) is 41.8 Å². The molecule has 5 nitrogen and oxygen atoms in total. The molecule has 0 atom stereocenters. The number of thiophene rings is 1. The normalized spacial score (nSPS) is 13.3. The van der Waals surface area contributed by atoms with E-state index < -0.39 is 0 Å². The van der Waals surface area contributed by atoms with Gasteiger partial charge >= 0.3 is 0 Å². The SMILES string of the molecule is CC(=O)N1CCc2oc(-c3ccc(NC(=O)c4cccs4)cc3)cc2C1. The number of fused-ring (bicyclic) bond motifs is 1. The van der Waals surface area contributed by atoms with Crippen LogP contribution in [-0.2, 0) is 17.8 Å². The first-order valence-corrected chi connectivity index (χ1v) is 9.30. The van der Waals surface area contributed by atoms with Crippen molar-refractivity contribution >= 4 is 28.8 Å². The summed E-state index contributed by atoms with van der Waals surface area (Å²) in [6.45, 7) is 2.89. The minimum Gasteiger partial charge on any atom is -0.461 e. The van der Waals surface area contributed by atoms with Crippen LogP contribution in [0.15, 0.2) is 52.3 Å². The van der Waals surface area contributed by atoms with Gasteiger partial charge in [0, 0.05) is 43.2 Å². The molecule has 1 N–H and O–H groups in total. The molecule has 3 heterocycles. The maximum atomic E-state index is 12.1. The molecule has 0 unspecified atom stereocenters. The maximum Gasteiger partial charge on any atom is 0.265 e. The van der Waals surface area contributed by atoms with Crippen LogP contribution in [0.1, 0.15) is 27.9 Å². The number of hydrogen-bond acceptors (Lipinski definition) is 4. The second kappa shape index (κ2) is 6.80. The maximum absolute atomic E-state index is 12.1. The van der Waals surface area contributed by atoms with E-state index in [0.29, 0.717) is 18.0 Å². The number of carbonyl (C=O) groups excluding carboxylic acids is 2. The van der Waals surface area contributed by atoms with Crippen LogP contribution in [0.25, 0.3) is 11.3 Å². The van der Waals surface area contributed by atoms with Gasteiger partial charge in [-0.3, -0.25) is 9.59 Å². The summed E-state index contributed by atoms with van der Waals surface area (Å²) in [4.78, 5) is 26.2. The monoisotopic (exact) mass is 366 g/mol. The van der Waals surface area contributed by atoms with Gasteiger partial charge in [-0.15, -0.1) is 11.3 Å². The molecule has 6 heteroatoms. The molecule has 0 radical (unpaired) electrons. The number of hydrogen-bond donors (Lipinski definition) is 1. The lowest BCUT2D eigenvalue weighted by Crippen LogP contribution is -2.33. The number of nitrogens with one attached hydrogen (secondary N) is 1. The van der Waals surface area contributed by atoms with E-state index in [1.165, 1.54) is 11.3 Å². The first-order chi connectivity index (χ1) is 12.6. The van der Waals surface area contributed by atoms with E-state index in [0.717, 1.165) is 34.8 Å². The van der Waals surface area contributed by atoms with Gasteiger partial charge in [-0.1, -0.05) is 6.07 Å². The Kier molecular flexibility index (Phi) is 4.34. The van der Waals surface area contributed by atoms with Crippen LogP contribution < -0.4 is 5.32 Å². The molecule has 1 aromatic carbocycles. The highest BCUT2D eigenvalue weighted by Gasteiger charge is 2.22. The zero-order valence-corrected chi connectivity index (χ0v) is 15.1. The zero-order chi connectivity index (χ0) is 18.1. The summed E-state index contributed by atoms with van der Waals surface area (Å²) in [6, 6.07) is 13.2. The first kappa shape index (κ1) is 16.6. The van der Waals surface area contributed by atoms with Crippen LogP contribution in [-0.4, -0.2) is 23.3 Å². The number of amides is 2. The number of anilines is 1. The Morgan fingerprint density at radius 1 is 1.19 bits per heavy atom. The number of rotatable bonds is 3. The molecule has 26 heavy (non-hydrogen) atoms. The van der Waals surface area contributed by atoms with Crippen LogP contribution in [0.5, 0.6) is 0 Å². The van der Waals surface area contributed by atoms with Crippen LogP contribution >= 0.6 is 11.3 Å². The lowest BCUT2D eigenvalue weighted by molar-refractivity contribution is -0.129. The van der Waals surface area contributed by atoms with Gasteiger partial charge < -0.3 is 14.6 Å². The highest BCUT2D eigenvalue weighted by atomic mass is 32.1. The van der Waals surface area contributed by atoms with E-state index in [1.807, 2.05) is 46.7 Å². The Morgan fingerprint density at radius 2 is 2.00 bits per heavy atom. The van der Waals surface area contributed by atoms with E-state index >= 15 is 0 Å². The van der Waals surface area contributed by atoms with Gasteiger partial charge in [0.2, 0.25) is 5.91 Å². The third-order valence-electron chi connectivity index (χ3n) is 4.48. The summed E-state index contributed by atoms with van der Waals surface area (Å²) in [6.07, 6.45) is 0.740. The van der Waals surface area contributed by atoms with Crippen molar-refractivity contribution in [2.75, 3.05) is 11.9 Å². The van der Waals surface area contributed by atoms with Crippen molar-refractivity contribution in [3.05, 3.63) is 64.0 Å². The molecule has 0 fully saturated rings. The Hall–Kier alpha value is -2.86. The lowest BCUT2D eigenvalue weighted by Gasteiger charge is -2.24. The van der Waals surface area contributed by atoms with Gasteiger partial charge in [0.1, 0.15) is 11.5 Å². The minimum absolute atomic E-state index is 0.0873. The van der Waals surface area contributed by atoms with Gasteiger partial charge in [-0.25, -0.2) is 0 Å². The first-order valence-electron chi connectivity index (χ1n) is 8.42. The number of furan rings is 1. The Labute approximate surface area is 155 Å². The van der Waals surface area contributed by atoms with E-state index in [-0.39, 0.29) is 11.8 Å². The number of nitrogens with zero attached hydrogens (tertiary/aromatic N) is 1. The largest absolute Gasteiger partial charge is 0.461 e. The zero-order valence-electron chi connectivity index (χ0n) is 14.3. The molecular formula is C20H18N2O3S. The van der Waals surface area contributed by atoms with Crippen LogP contribution in [0.2, 0.25) is 0 Å². The average molecular weight is 366 g/mol. The molecule has 0 aliphatic carbocycles. The fourth-order valence-corrected chi connectivity index (χ4v) is 3.68. The molecule has 1 aliphatic heterocycles. The highest BCUT2D eigenvalue weighted by molar-refractivity contribution is 7.12. The van der Waals surface area contributed by atoms with E-state index in [2.05, 4.69) is 5.32 Å². The van der Waals surface area contributed by atoms with Crippen molar-refractivity contribution in [1.82, 2.24) is 4.90 Å². The molecule has 0 saturated carbocycles.